The molecule has 1 fully saturated rings. The smallest absolute Gasteiger partial charge is 0.111 e. The van der Waals surface area contributed by atoms with Gasteiger partial charge in [-0.2, -0.15) is 0 Å². The van der Waals surface area contributed by atoms with Crippen molar-refractivity contribution in [2.75, 3.05) is 13.2 Å². The van der Waals surface area contributed by atoms with Crippen molar-refractivity contribution >= 4 is 0 Å². The van der Waals surface area contributed by atoms with Crippen molar-refractivity contribution in [2.45, 2.75) is 51.0 Å². The molecule has 0 radical (unpaired) electrons. The zero-order valence-electron chi connectivity index (χ0n) is 12.1. The van der Waals surface area contributed by atoms with Gasteiger partial charge in [-0.3, -0.25) is 0 Å². The average Bonchev–Trinajstić information content (AvgIpc) is 2.47. The second-order valence-corrected chi connectivity index (χ2v) is 5.58. The van der Waals surface area contributed by atoms with Gasteiger partial charge in [-0.15, -0.1) is 0 Å². The van der Waals surface area contributed by atoms with Gasteiger partial charge in [-0.25, -0.2) is 0 Å². The van der Waals surface area contributed by atoms with Crippen LogP contribution in [0.25, 0.3) is 0 Å². The van der Waals surface area contributed by atoms with E-state index in [1.54, 1.807) is 0 Å². The lowest BCUT2D eigenvalue weighted by Gasteiger charge is -2.33. The zero-order valence-corrected chi connectivity index (χ0v) is 12.1. The SMILES string of the molecule is C=CC1(OCC2CCCCC2)C=CC=C(OCC)C1. The van der Waals surface area contributed by atoms with Crippen molar-refractivity contribution in [2.24, 2.45) is 5.92 Å². The molecular weight excluding hydrogens is 236 g/mol. The molecule has 0 N–H and O–H groups in total. The predicted octanol–water partition coefficient (Wildman–Crippen LogP) is 4.39. The molecular formula is C17H26O2. The number of rotatable bonds is 6. The maximum atomic E-state index is 6.21. The molecule has 2 heteroatoms. The topological polar surface area (TPSA) is 18.5 Å². The van der Waals surface area contributed by atoms with Gasteiger partial charge in [0.15, 0.2) is 0 Å². The second kappa shape index (κ2) is 6.95. The Balaban J connectivity index is 1.90. The van der Waals surface area contributed by atoms with E-state index in [1.165, 1.54) is 32.1 Å². The molecule has 0 spiro atoms. The lowest BCUT2D eigenvalue weighted by Crippen LogP contribution is -2.32. The minimum absolute atomic E-state index is 0.364. The van der Waals surface area contributed by atoms with Crippen molar-refractivity contribution in [1.29, 1.82) is 0 Å². The third-order valence-electron chi connectivity index (χ3n) is 4.10. The molecule has 0 aromatic rings. The van der Waals surface area contributed by atoms with Gasteiger partial charge >= 0.3 is 0 Å². The summed E-state index contributed by atoms with van der Waals surface area (Å²) in [6.07, 6.45) is 15.6. The molecule has 1 atom stereocenters. The summed E-state index contributed by atoms with van der Waals surface area (Å²) < 4.78 is 11.8. The Hall–Kier alpha value is -1.02. The first-order chi connectivity index (χ1) is 9.28. The van der Waals surface area contributed by atoms with Crippen molar-refractivity contribution in [3.8, 4) is 0 Å². The van der Waals surface area contributed by atoms with Gasteiger partial charge in [-0.05, 0) is 37.8 Å². The summed E-state index contributed by atoms with van der Waals surface area (Å²) in [7, 11) is 0. The Morgan fingerprint density at radius 3 is 2.84 bits per heavy atom. The third kappa shape index (κ3) is 3.97. The van der Waals surface area contributed by atoms with Crippen LogP contribution >= 0.6 is 0 Å². The van der Waals surface area contributed by atoms with Crippen LogP contribution in [0.3, 0.4) is 0 Å². The normalized spacial score (nSPS) is 27.9. The van der Waals surface area contributed by atoms with Crippen LogP contribution in [0.4, 0.5) is 0 Å². The molecule has 2 aliphatic rings. The minimum atomic E-state index is -0.364. The molecule has 0 saturated heterocycles. The predicted molar refractivity (Wildman–Crippen MR) is 78.9 cm³/mol. The Morgan fingerprint density at radius 2 is 2.16 bits per heavy atom. The molecule has 2 rings (SSSR count). The lowest BCUT2D eigenvalue weighted by atomic mass is 9.89. The monoisotopic (exact) mass is 262 g/mol. The van der Waals surface area contributed by atoms with Crippen LogP contribution in [-0.4, -0.2) is 18.8 Å². The Bertz CT molecular complexity index is 350. The summed E-state index contributed by atoms with van der Waals surface area (Å²) in [6, 6.07) is 0. The highest BCUT2D eigenvalue weighted by Gasteiger charge is 2.29. The Morgan fingerprint density at radius 1 is 1.37 bits per heavy atom. The third-order valence-corrected chi connectivity index (χ3v) is 4.10. The van der Waals surface area contributed by atoms with E-state index in [0.29, 0.717) is 6.61 Å². The summed E-state index contributed by atoms with van der Waals surface area (Å²) in [5, 5.41) is 0. The molecule has 0 aromatic carbocycles. The molecule has 2 nitrogen and oxygen atoms in total. The van der Waals surface area contributed by atoms with Crippen LogP contribution in [0.1, 0.15) is 45.4 Å². The number of ether oxygens (including phenoxy) is 2. The van der Waals surface area contributed by atoms with E-state index in [9.17, 15) is 0 Å². The van der Waals surface area contributed by atoms with Crippen molar-refractivity contribution in [1.82, 2.24) is 0 Å². The molecule has 0 aromatic heterocycles. The van der Waals surface area contributed by atoms with Gasteiger partial charge in [0, 0.05) is 6.42 Å². The van der Waals surface area contributed by atoms with Crippen LogP contribution in [0.5, 0.6) is 0 Å². The van der Waals surface area contributed by atoms with Gasteiger partial charge < -0.3 is 9.47 Å². The summed E-state index contributed by atoms with van der Waals surface area (Å²) in [5.74, 6) is 1.72. The summed E-state index contributed by atoms with van der Waals surface area (Å²) in [6.45, 7) is 7.51. The van der Waals surface area contributed by atoms with Crippen molar-refractivity contribution in [3.05, 3.63) is 36.6 Å². The summed E-state index contributed by atoms with van der Waals surface area (Å²) in [5.41, 5.74) is -0.364. The van der Waals surface area contributed by atoms with E-state index in [0.717, 1.165) is 24.7 Å². The first-order valence-corrected chi connectivity index (χ1v) is 7.57. The number of hydrogen-bond acceptors (Lipinski definition) is 2. The zero-order chi connectivity index (χ0) is 13.6. The largest absolute Gasteiger partial charge is 0.498 e. The van der Waals surface area contributed by atoms with E-state index >= 15 is 0 Å². The van der Waals surface area contributed by atoms with E-state index < -0.39 is 0 Å². The lowest BCUT2D eigenvalue weighted by molar-refractivity contribution is -0.0104. The molecule has 1 saturated carbocycles. The summed E-state index contributed by atoms with van der Waals surface area (Å²) in [4.78, 5) is 0. The highest BCUT2D eigenvalue weighted by atomic mass is 16.5. The minimum Gasteiger partial charge on any atom is -0.498 e. The second-order valence-electron chi connectivity index (χ2n) is 5.58. The summed E-state index contributed by atoms with van der Waals surface area (Å²) >= 11 is 0. The quantitative estimate of drug-likeness (QED) is 0.661. The van der Waals surface area contributed by atoms with Crippen LogP contribution in [0, 0.1) is 5.92 Å². The van der Waals surface area contributed by atoms with Crippen LogP contribution < -0.4 is 0 Å². The number of hydrogen-bond donors (Lipinski definition) is 0. The van der Waals surface area contributed by atoms with Crippen LogP contribution in [0.2, 0.25) is 0 Å². The molecule has 2 aliphatic carbocycles. The van der Waals surface area contributed by atoms with E-state index in [4.69, 9.17) is 9.47 Å². The Labute approximate surface area is 117 Å². The van der Waals surface area contributed by atoms with Gasteiger partial charge in [0.2, 0.25) is 0 Å². The van der Waals surface area contributed by atoms with Gasteiger partial charge in [0.1, 0.15) is 5.60 Å². The standard InChI is InChI=1S/C17H26O2/c1-3-17(12-8-11-16(13-17)18-4-2)19-14-15-9-6-5-7-10-15/h3,8,11-12,15H,1,4-7,9-10,13-14H2,2H3. The first kappa shape index (κ1) is 14.4. The molecule has 0 bridgehead atoms. The highest BCUT2D eigenvalue weighted by Crippen LogP contribution is 2.31. The fourth-order valence-electron chi connectivity index (χ4n) is 2.92. The van der Waals surface area contributed by atoms with Gasteiger partial charge in [0.25, 0.3) is 0 Å². The fraction of sp³-hybridized carbons (Fsp3) is 0.647. The average molecular weight is 262 g/mol. The number of allylic oxidation sites excluding steroid dienone is 2. The molecule has 0 heterocycles. The van der Waals surface area contributed by atoms with Crippen LogP contribution in [0.15, 0.2) is 36.6 Å². The molecule has 0 aliphatic heterocycles. The Kier molecular flexibility index (Phi) is 5.26. The van der Waals surface area contributed by atoms with E-state index in [1.807, 2.05) is 25.2 Å². The highest BCUT2D eigenvalue weighted by molar-refractivity contribution is 5.27. The van der Waals surface area contributed by atoms with Crippen molar-refractivity contribution < 1.29 is 9.47 Å². The maximum Gasteiger partial charge on any atom is 0.111 e. The molecule has 1 unspecified atom stereocenters. The maximum absolute atomic E-state index is 6.21. The van der Waals surface area contributed by atoms with Crippen LogP contribution in [-0.2, 0) is 9.47 Å². The first-order valence-electron chi connectivity index (χ1n) is 7.57. The molecule has 19 heavy (non-hydrogen) atoms. The van der Waals surface area contributed by atoms with E-state index in [2.05, 4.69) is 12.7 Å². The van der Waals surface area contributed by atoms with E-state index in [-0.39, 0.29) is 5.60 Å². The molecule has 106 valence electrons. The fourth-order valence-corrected chi connectivity index (χ4v) is 2.92. The van der Waals surface area contributed by atoms with Gasteiger partial charge in [-0.1, -0.05) is 38.0 Å². The van der Waals surface area contributed by atoms with Crippen molar-refractivity contribution in [3.63, 3.8) is 0 Å². The van der Waals surface area contributed by atoms with Gasteiger partial charge in [0.05, 0.1) is 19.0 Å². The molecule has 0 amide bonds.